The second-order valence-corrected chi connectivity index (χ2v) is 9.42. The van der Waals surface area contributed by atoms with E-state index in [1.165, 1.54) is 19.0 Å². The molecule has 12 heteroatoms. The summed E-state index contributed by atoms with van der Waals surface area (Å²) in [6, 6.07) is 4.63. The van der Waals surface area contributed by atoms with Crippen LogP contribution in [0.3, 0.4) is 0 Å². The number of H-pyrrole nitrogens is 1. The number of carbonyl (C=O) groups is 3. The van der Waals surface area contributed by atoms with Gasteiger partial charge in [0.15, 0.2) is 0 Å². The molecule has 0 unspecified atom stereocenters. The lowest BCUT2D eigenvalue weighted by molar-refractivity contribution is 0.0796. The Balaban J connectivity index is 1.25. The molecule has 188 valence electrons. The lowest BCUT2D eigenvalue weighted by atomic mass is 10.1. The number of piperidine rings is 1. The van der Waals surface area contributed by atoms with Crippen molar-refractivity contribution in [3.05, 3.63) is 45.7 Å². The van der Waals surface area contributed by atoms with Crippen molar-refractivity contribution in [2.75, 3.05) is 44.6 Å². The van der Waals surface area contributed by atoms with Gasteiger partial charge in [-0.2, -0.15) is 5.10 Å². The monoisotopic (exact) mass is 522 g/mol. The van der Waals surface area contributed by atoms with E-state index in [9.17, 15) is 14.4 Å². The molecule has 3 amide bonds. The Morgan fingerprint density at radius 1 is 1.06 bits per heavy atom. The molecule has 2 aliphatic rings. The number of amides is 3. The second-order valence-electron chi connectivity index (χ2n) is 8.61. The van der Waals surface area contributed by atoms with Gasteiger partial charge < -0.3 is 20.3 Å². The van der Waals surface area contributed by atoms with Gasteiger partial charge in [0, 0.05) is 25.7 Å². The predicted molar refractivity (Wildman–Crippen MR) is 132 cm³/mol. The van der Waals surface area contributed by atoms with E-state index >= 15 is 0 Å². The van der Waals surface area contributed by atoms with Crippen LogP contribution in [0.5, 0.6) is 0 Å². The number of benzene rings is 1. The summed E-state index contributed by atoms with van der Waals surface area (Å²) in [5.74, 6) is -0.956. The molecule has 0 aliphatic carbocycles. The molecule has 0 bridgehead atoms. The standard InChI is InChI=1S/C23H28Cl2N6O4/c24-16-4-3-5-17(25)19(16)21(32)28-18-14-26-29-20(18)22(33)27-15-6-10-31(11-7-15)23(34)35-13-12-30-8-1-2-9-30/h3-5,14-15H,1-2,6-13H2,(H,26,29)(H,27,33)(H,28,32). The van der Waals surface area contributed by atoms with Crippen LogP contribution < -0.4 is 10.6 Å². The first-order valence-corrected chi connectivity index (χ1v) is 12.4. The van der Waals surface area contributed by atoms with E-state index in [0.717, 1.165) is 19.6 Å². The van der Waals surface area contributed by atoms with E-state index in [4.69, 9.17) is 27.9 Å². The van der Waals surface area contributed by atoms with Crippen molar-refractivity contribution in [1.82, 2.24) is 25.3 Å². The minimum absolute atomic E-state index is 0.114. The van der Waals surface area contributed by atoms with Crippen molar-refractivity contribution >= 4 is 46.8 Å². The van der Waals surface area contributed by atoms with E-state index < -0.39 is 11.8 Å². The molecule has 1 aromatic heterocycles. The van der Waals surface area contributed by atoms with Crippen LogP contribution in [0.2, 0.25) is 10.0 Å². The van der Waals surface area contributed by atoms with Crippen molar-refractivity contribution in [2.45, 2.75) is 31.7 Å². The van der Waals surface area contributed by atoms with Crippen molar-refractivity contribution in [2.24, 2.45) is 0 Å². The van der Waals surface area contributed by atoms with Crippen LogP contribution in [0, 0.1) is 0 Å². The van der Waals surface area contributed by atoms with Crippen LogP contribution in [-0.4, -0.2) is 83.3 Å². The summed E-state index contributed by atoms with van der Waals surface area (Å²) in [5.41, 5.74) is 0.441. The summed E-state index contributed by atoms with van der Waals surface area (Å²) in [4.78, 5) is 41.8. The van der Waals surface area contributed by atoms with E-state index in [1.54, 1.807) is 23.1 Å². The first-order chi connectivity index (χ1) is 16.9. The van der Waals surface area contributed by atoms with Crippen LogP contribution in [0.25, 0.3) is 0 Å². The summed E-state index contributed by atoms with van der Waals surface area (Å²) < 4.78 is 5.41. The SMILES string of the molecule is O=C(NC1CCN(C(=O)OCCN2CCCC2)CC1)c1[nH]ncc1NC(=O)c1c(Cl)cccc1Cl. The predicted octanol–water partition coefficient (Wildman–Crippen LogP) is 3.40. The Hall–Kier alpha value is -2.82. The second kappa shape index (κ2) is 11.7. The molecule has 10 nitrogen and oxygen atoms in total. The fourth-order valence-electron chi connectivity index (χ4n) is 4.28. The Bertz CT molecular complexity index is 1040. The van der Waals surface area contributed by atoms with Crippen LogP contribution in [0.4, 0.5) is 10.5 Å². The van der Waals surface area contributed by atoms with Gasteiger partial charge in [0.05, 0.1) is 27.5 Å². The zero-order chi connectivity index (χ0) is 24.8. The number of aromatic nitrogens is 2. The van der Waals surface area contributed by atoms with Crippen LogP contribution in [0.15, 0.2) is 24.4 Å². The third-order valence-electron chi connectivity index (χ3n) is 6.22. The molecule has 2 aromatic rings. The summed E-state index contributed by atoms with van der Waals surface area (Å²) in [6.07, 6.45) is 4.63. The van der Waals surface area contributed by atoms with Crippen molar-refractivity contribution in [3.63, 3.8) is 0 Å². The molecule has 3 N–H and O–H groups in total. The molecule has 0 atom stereocenters. The Kier molecular flexibility index (Phi) is 8.48. The molecule has 2 fully saturated rings. The van der Waals surface area contributed by atoms with Crippen molar-refractivity contribution in [1.29, 1.82) is 0 Å². The maximum atomic E-state index is 12.8. The normalized spacial score (nSPS) is 16.8. The Morgan fingerprint density at radius 2 is 1.74 bits per heavy atom. The highest BCUT2D eigenvalue weighted by Gasteiger charge is 2.27. The van der Waals surface area contributed by atoms with Crippen LogP contribution in [-0.2, 0) is 4.74 Å². The van der Waals surface area contributed by atoms with Gasteiger partial charge in [-0.05, 0) is 50.9 Å². The number of aromatic amines is 1. The van der Waals surface area contributed by atoms with Gasteiger partial charge in [0.2, 0.25) is 0 Å². The number of rotatable bonds is 7. The van der Waals surface area contributed by atoms with Gasteiger partial charge >= 0.3 is 6.09 Å². The number of carbonyl (C=O) groups excluding carboxylic acids is 3. The number of hydrogen-bond acceptors (Lipinski definition) is 6. The maximum Gasteiger partial charge on any atom is 0.409 e. The molecule has 1 aromatic carbocycles. The molecule has 2 aliphatic heterocycles. The fraction of sp³-hybridized carbons (Fsp3) is 0.478. The molecular formula is C23H28Cl2N6O4. The van der Waals surface area contributed by atoms with Crippen molar-refractivity contribution in [3.8, 4) is 0 Å². The summed E-state index contributed by atoms with van der Waals surface area (Å²) in [5, 5.41) is 12.5. The maximum absolute atomic E-state index is 12.8. The molecule has 4 rings (SSSR count). The van der Waals surface area contributed by atoms with Crippen LogP contribution in [0.1, 0.15) is 46.5 Å². The number of nitrogens with zero attached hydrogens (tertiary/aromatic N) is 3. The lowest BCUT2D eigenvalue weighted by Gasteiger charge is -2.31. The highest BCUT2D eigenvalue weighted by Crippen LogP contribution is 2.26. The number of likely N-dealkylation sites (tertiary alicyclic amines) is 2. The third-order valence-corrected chi connectivity index (χ3v) is 6.85. The summed E-state index contributed by atoms with van der Waals surface area (Å²) in [6.45, 7) is 4.28. The van der Waals surface area contributed by atoms with Gasteiger partial charge in [-0.1, -0.05) is 29.3 Å². The molecule has 0 spiro atoms. The fourth-order valence-corrected chi connectivity index (χ4v) is 4.85. The number of nitrogens with one attached hydrogen (secondary N) is 3. The average molecular weight is 523 g/mol. The van der Waals surface area contributed by atoms with E-state index in [1.807, 2.05) is 0 Å². The highest BCUT2D eigenvalue weighted by molar-refractivity contribution is 6.40. The Labute approximate surface area is 213 Å². The number of hydrogen-bond donors (Lipinski definition) is 3. The topological polar surface area (TPSA) is 120 Å². The lowest BCUT2D eigenvalue weighted by Crippen LogP contribution is -2.47. The third kappa shape index (κ3) is 6.45. The minimum Gasteiger partial charge on any atom is -0.448 e. The van der Waals surface area contributed by atoms with E-state index in [2.05, 4.69) is 25.7 Å². The molecule has 0 radical (unpaired) electrons. The van der Waals surface area contributed by atoms with Gasteiger partial charge in [-0.25, -0.2) is 4.79 Å². The zero-order valence-corrected chi connectivity index (χ0v) is 20.7. The minimum atomic E-state index is -0.549. The molecule has 35 heavy (non-hydrogen) atoms. The van der Waals surface area contributed by atoms with Crippen LogP contribution >= 0.6 is 23.2 Å². The van der Waals surface area contributed by atoms with Crippen molar-refractivity contribution < 1.29 is 19.1 Å². The van der Waals surface area contributed by atoms with Gasteiger partial charge in [0.25, 0.3) is 11.8 Å². The van der Waals surface area contributed by atoms with E-state index in [0.29, 0.717) is 32.5 Å². The summed E-state index contributed by atoms with van der Waals surface area (Å²) >= 11 is 12.2. The van der Waals surface area contributed by atoms with Gasteiger partial charge in [-0.3, -0.25) is 19.6 Å². The quantitative estimate of drug-likeness (QED) is 0.512. The first-order valence-electron chi connectivity index (χ1n) is 11.7. The summed E-state index contributed by atoms with van der Waals surface area (Å²) in [7, 11) is 0. The Morgan fingerprint density at radius 3 is 2.43 bits per heavy atom. The first kappa shape index (κ1) is 25.3. The van der Waals surface area contributed by atoms with Gasteiger partial charge in [-0.15, -0.1) is 0 Å². The molecule has 3 heterocycles. The zero-order valence-electron chi connectivity index (χ0n) is 19.2. The number of anilines is 1. The highest BCUT2D eigenvalue weighted by atomic mass is 35.5. The van der Waals surface area contributed by atoms with Gasteiger partial charge in [0.1, 0.15) is 12.3 Å². The number of ether oxygens (including phenoxy) is 1. The van der Waals surface area contributed by atoms with E-state index in [-0.39, 0.29) is 39.1 Å². The number of halogens is 2. The molecule has 2 saturated heterocycles. The smallest absolute Gasteiger partial charge is 0.409 e. The largest absolute Gasteiger partial charge is 0.448 e. The molecular weight excluding hydrogens is 495 g/mol. The average Bonchev–Trinajstić information content (AvgIpc) is 3.52. The molecule has 0 saturated carbocycles.